The molecule has 1 aromatic rings. The lowest BCUT2D eigenvalue weighted by Crippen LogP contribution is -2.43. The Morgan fingerprint density at radius 3 is 3.26 bits per heavy atom. The van der Waals surface area contributed by atoms with Gasteiger partial charge in [-0.3, -0.25) is 0 Å². The lowest BCUT2D eigenvalue weighted by molar-refractivity contribution is 0.187. The van der Waals surface area contributed by atoms with Crippen LogP contribution in [-0.4, -0.2) is 46.6 Å². The van der Waals surface area contributed by atoms with Crippen molar-refractivity contribution < 1.29 is 4.74 Å². The molecule has 1 aromatic heterocycles. The molecule has 2 aliphatic rings. The Kier molecular flexibility index (Phi) is 3.82. The second kappa shape index (κ2) is 5.74. The molecule has 0 bridgehead atoms. The summed E-state index contributed by atoms with van der Waals surface area (Å²) in [5, 5.41) is 3.46. The Balaban J connectivity index is 1.60. The van der Waals surface area contributed by atoms with Crippen LogP contribution in [0.4, 0.5) is 5.95 Å². The molecular weight excluding hydrogens is 240 g/mol. The van der Waals surface area contributed by atoms with Gasteiger partial charge in [0.15, 0.2) is 0 Å². The number of hydrogen-bond acceptors (Lipinski definition) is 5. The lowest BCUT2D eigenvalue weighted by atomic mass is 9.98. The normalized spacial score (nSPS) is 27.0. The molecule has 3 heterocycles. The molecule has 3 rings (SSSR count). The van der Waals surface area contributed by atoms with Crippen LogP contribution < -0.4 is 10.1 Å². The highest BCUT2D eigenvalue weighted by atomic mass is 16.5. The monoisotopic (exact) mass is 262 g/mol. The standard InChI is InChI=1S/C14H22N4O/c1-2-19-13-5-7-15-14(17-13)16-11-6-9-18-8-3-4-12(18)10-11/h5,7,11-12H,2-4,6,8-10H2,1H3,(H,15,16,17). The molecule has 0 aromatic carbocycles. The van der Waals surface area contributed by atoms with Crippen LogP contribution in [-0.2, 0) is 0 Å². The molecule has 0 spiro atoms. The second-order valence-electron chi connectivity index (χ2n) is 5.35. The minimum atomic E-state index is 0.497. The number of rotatable bonds is 4. The van der Waals surface area contributed by atoms with Crippen molar-refractivity contribution >= 4 is 5.95 Å². The summed E-state index contributed by atoms with van der Waals surface area (Å²) in [6.45, 7) is 5.09. The molecule has 1 N–H and O–H groups in total. The SMILES string of the molecule is CCOc1ccnc(NC2CCN3CCCC3C2)n1. The van der Waals surface area contributed by atoms with E-state index in [0.29, 0.717) is 24.5 Å². The minimum Gasteiger partial charge on any atom is -0.478 e. The highest BCUT2D eigenvalue weighted by Gasteiger charge is 2.31. The largest absolute Gasteiger partial charge is 0.478 e. The first kappa shape index (κ1) is 12.7. The maximum Gasteiger partial charge on any atom is 0.226 e. The first-order valence-corrected chi connectivity index (χ1v) is 7.31. The van der Waals surface area contributed by atoms with Crippen molar-refractivity contribution in [1.29, 1.82) is 0 Å². The molecule has 2 saturated heterocycles. The molecule has 5 heteroatoms. The van der Waals surface area contributed by atoms with Crippen LogP contribution in [0.15, 0.2) is 12.3 Å². The van der Waals surface area contributed by atoms with Crippen LogP contribution in [0.1, 0.15) is 32.6 Å². The molecule has 0 aliphatic carbocycles. The molecule has 2 unspecified atom stereocenters. The lowest BCUT2D eigenvalue weighted by Gasteiger charge is -2.35. The maximum atomic E-state index is 5.41. The van der Waals surface area contributed by atoms with Crippen LogP contribution >= 0.6 is 0 Å². The molecule has 2 aliphatic heterocycles. The number of hydrogen-bond donors (Lipinski definition) is 1. The van der Waals surface area contributed by atoms with Gasteiger partial charge < -0.3 is 15.0 Å². The quantitative estimate of drug-likeness (QED) is 0.898. The third-order valence-electron chi connectivity index (χ3n) is 4.08. The van der Waals surface area contributed by atoms with Crippen LogP contribution in [0, 0.1) is 0 Å². The number of aromatic nitrogens is 2. The summed E-state index contributed by atoms with van der Waals surface area (Å²) in [7, 11) is 0. The summed E-state index contributed by atoms with van der Waals surface area (Å²) < 4.78 is 5.41. The predicted molar refractivity (Wildman–Crippen MR) is 74.4 cm³/mol. The van der Waals surface area contributed by atoms with E-state index in [2.05, 4.69) is 20.2 Å². The molecule has 5 nitrogen and oxygen atoms in total. The number of piperidine rings is 1. The molecule has 2 fully saturated rings. The third-order valence-corrected chi connectivity index (χ3v) is 4.08. The highest BCUT2D eigenvalue weighted by molar-refractivity contribution is 5.29. The minimum absolute atomic E-state index is 0.497. The van der Waals surface area contributed by atoms with Gasteiger partial charge in [0.1, 0.15) is 0 Å². The Morgan fingerprint density at radius 2 is 2.37 bits per heavy atom. The summed E-state index contributed by atoms with van der Waals surface area (Å²) >= 11 is 0. The number of nitrogens with zero attached hydrogens (tertiary/aromatic N) is 3. The van der Waals surface area contributed by atoms with Gasteiger partial charge in [-0.1, -0.05) is 0 Å². The van der Waals surface area contributed by atoms with Crippen molar-refractivity contribution in [3.05, 3.63) is 12.3 Å². The van der Waals surface area contributed by atoms with E-state index in [0.717, 1.165) is 6.04 Å². The zero-order valence-corrected chi connectivity index (χ0v) is 11.5. The molecule has 0 amide bonds. The van der Waals surface area contributed by atoms with E-state index in [4.69, 9.17) is 4.74 Å². The fourth-order valence-corrected chi connectivity index (χ4v) is 3.18. The highest BCUT2D eigenvalue weighted by Crippen LogP contribution is 2.28. The first-order chi connectivity index (χ1) is 9.35. The van der Waals surface area contributed by atoms with Crippen molar-refractivity contribution in [3.63, 3.8) is 0 Å². The van der Waals surface area contributed by atoms with E-state index < -0.39 is 0 Å². The molecular formula is C14H22N4O. The first-order valence-electron chi connectivity index (χ1n) is 7.31. The molecule has 2 atom stereocenters. The van der Waals surface area contributed by atoms with Gasteiger partial charge in [-0.15, -0.1) is 0 Å². The predicted octanol–water partition coefficient (Wildman–Crippen LogP) is 1.91. The van der Waals surface area contributed by atoms with Gasteiger partial charge in [-0.05, 0) is 39.2 Å². The zero-order valence-electron chi connectivity index (χ0n) is 11.5. The van der Waals surface area contributed by atoms with Gasteiger partial charge >= 0.3 is 0 Å². The van der Waals surface area contributed by atoms with Crippen molar-refractivity contribution in [2.75, 3.05) is 25.0 Å². The fourth-order valence-electron chi connectivity index (χ4n) is 3.18. The van der Waals surface area contributed by atoms with Gasteiger partial charge in [-0.2, -0.15) is 4.98 Å². The van der Waals surface area contributed by atoms with Gasteiger partial charge in [-0.25, -0.2) is 4.98 Å². The summed E-state index contributed by atoms with van der Waals surface area (Å²) in [6, 6.07) is 3.06. The fraction of sp³-hybridized carbons (Fsp3) is 0.714. The summed E-state index contributed by atoms with van der Waals surface area (Å²) in [6.07, 6.45) is 6.84. The molecule has 0 saturated carbocycles. The summed E-state index contributed by atoms with van der Waals surface area (Å²) in [5.74, 6) is 1.35. The van der Waals surface area contributed by atoms with E-state index in [1.54, 1.807) is 12.3 Å². The van der Waals surface area contributed by atoms with Crippen LogP contribution in [0.2, 0.25) is 0 Å². The smallest absolute Gasteiger partial charge is 0.226 e. The van der Waals surface area contributed by atoms with Gasteiger partial charge in [0.25, 0.3) is 0 Å². The van der Waals surface area contributed by atoms with E-state index in [-0.39, 0.29) is 0 Å². The van der Waals surface area contributed by atoms with E-state index in [9.17, 15) is 0 Å². The number of ether oxygens (including phenoxy) is 1. The van der Waals surface area contributed by atoms with Gasteiger partial charge in [0.2, 0.25) is 11.8 Å². The maximum absolute atomic E-state index is 5.41. The van der Waals surface area contributed by atoms with E-state index in [1.807, 2.05) is 6.92 Å². The number of nitrogens with one attached hydrogen (secondary N) is 1. The Bertz CT molecular complexity index is 426. The van der Waals surface area contributed by atoms with Crippen molar-refractivity contribution in [2.45, 2.75) is 44.7 Å². The van der Waals surface area contributed by atoms with Gasteiger partial charge in [0.05, 0.1) is 6.61 Å². The molecule has 104 valence electrons. The third kappa shape index (κ3) is 2.97. The van der Waals surface area contributed by atoms with Crippen molar-refractivity contribution in [2.24, 2.45) is 0 Å². The molecule has 19 heavy (non-hydrogen) atoms. The van der Waals surface area contributed by atoms with Crippen LogP contribution in [0.25, 0.3) is 0 Å². The molecule has 0 radical (unpaired) electrons. The van der Waals surface area contributed by atoms with Crippen LogP contribution in [0.5, 0.6) is 5.88 Å². The topological polar surface area (TPSA) is 50.3 Å². The van der Waals surface area contributed by atoms with E-state index >= 15 is 0 Å². The Morgan fingerprint density at radius 1 is 1.42 bits per heavy atom. The Hall–Kier alpha value is -1.36. The van der Waals surface area contributed by atoms with Gasteiger partial charge in [0, 0.05) is 30.9 Å². The average molecular weight is 262 g/mol. The Labute approximate surface area is 114 Å². The summed E-state index contributed by atoms with van der Waals surface area (Å²) in [5.41, 5.74) is 0. The number of anilines is 1. The van der Waals surface area contributed by atoms with Crippen molar-refractivity contribution in [1.82, 2.24) is 14.9 Å². The number of fused-ring (bicyclic) bond motifs is 1. The zero-order chi connectivity index (χ0) is 13.1. The average Bonchev–Trinajstić information content (AvgIpc) is 2.87. The summed E-state index contributed by atoms with van der Waals surface area (Å²) in [4.78, 5) is 11.3. The van der Waals surface area contributed by atoms with Crippen molar-refractivity contribution in [3.8, 4) is 5.88 Å². The van der Waals surface area contributed by atoms with Crippen LogP contribution in [0.3, 0.4) is 0 Å². The second-order valence-corrected chi connectivity index (χ2v) is 5.35. The van der Waals surface area contributed by atoms with E-state index in [1.165, 1.54) is 38.8 Å².